The van der Waals surface area contributed by atoms with E-state index in [4.69, 9.17) is 9.73 Å². The average Bonchev–Trinajstić information content (AvgIpc) is 3.56. The Balaban J connectivity index is 0.000000459. The molecule has 9 nitrogen and oxygen atoms in total. The second-order valence-electron chi connectivity index (χ2n) is 8.47. The number of aromatic nitrogens is 3. The molecule has 0 saturated carbocycles. The Labute approximate surface area is 193 Å². The molecule has 3 aromatic rings. The van der Waals surface area contributed by atoms with E-state index in [1.54, 1.807) is 31.4 Å². The van der Waals surface area contributed by atoms with Crippen LogP contribution in [0.5, 0.6) is 5.88 Å². The highest BCUT2D eigenvalue weighted by Gasteiger charge is 2.25. The van der Waals surface area contributed by atoms with E-state index < -0.39 is 0 Å². The number of nitrogens with zero attached hydrogens (tertiary/aromatic N) is 4. The van der Waals surface area contributed by atoms with Crippen LogP contribution in [-0.2, 0) is 4.74 Å². The average molecular weight is 453 g/mol. The van der Waals surface area contributed by atoms with Gasteiger partial charge >= 0.3 is 0 Å². The SMILES string of the molecule is C1CCOC1.CCC(=Nc1cnn(C2CN(C)C2)c1)c1c(O)[nH]c2ccc(C(=O)NC)cc12. The lowest BCUT2D eigenvalue weighted by atomic mass is 10.0. The van der Waals surface area contributed by atoms with E-state index in [1.165, 1.54) is 12.8 Å². The van der Waals surface area contributed by atoms with Crippen LogP contribution in [0.1, 0.15) is 48.1 Å². The topological polar surface area (TPSA) is 108 Å². The summed E-state index contributed by atoms with van der Waals surface area (Å²) in [7, 11) is 3.68. The zero-order chi connectivity index (χ0) is 23.4. The molecule has 9 heteroatoms. The molecule has 2 aliphatic rings. The third kappa shape index (κ3) is 5.09. The summed E-state index contributed by atoms with van der Waals surface area (Å²) < 4.78 is 6.89. The van der Waals surface area contributed by atoms with Crippen LogP contribution < -0.4 is 5.32 Å². The van der Waals surface area contributed by atoms with E-state index in [9.17, 15) is 9.90 Å². The standard InChI is InChI=1S/C20H24N6O2.C4H8O/c1-4-16(23-13-8-22-26(9-13)14-10-25(3)11-14)18-15-7-12(19(27)21-2)5-6-17(15)24-20(18)28;1-2-4-5-3-1/h5-9,14,24,28H,4,10-11H2,1-3H3,(H,21,27);1-4H2. The van der Waals surface area contributed by atoms with E-state index in [0.29, 0.717) is 23.6 Å². The molecule has 0 bridgehead atoms. The fraction of sp³-hybridized carbons (Fsp3) is 0.458. The second-order valence-corrected chi connectivity index (χ2v) is 8.47. The summed E-state index contributed by atoms with van der Waals surface area (Å²) >= 11 is 0. The number of carbonyl (C=O) groups excluding carboxylic acids is 1. The fourth-order valence-corrected chi connectivity index (χ4v) is 4.15. The van der Waals surface area contributed by atoms with Gasteiger partial charge in [0.15, 0.2) is 5.88 Å². The van der Waals surface area contributed by atoms with Crippen LogP contribution in [0.15, 0.2) is 35.6 Å². The Hall–Kier alpha value is -3.17. The van der Waals surface area contributed by atoms with Gasteiger partial charge in [-0.05, 0) is 44.5 Å². The first-order valence-electron chi connectivity index (χ1n) is 11.4. The van der Waals surface area contributed by atoms with Crippen molar-refractivity contribution in [1.82, 2.24) is 25.0 Å². The maximum Gasteiger partial charge on any atom is 0.251 e. The Kier molecular flexibility index (Phi) is 7.10. The molecule has 0 aliphatic carbocycles. The molecule has 2 fully saturated rings. The number of H-pyrrole nitrogens is 1. The molecule has 0 spiro atoms. The molecule has 0 radical (unpaired) electrons. The van der Waals surface area contributed by atoms with Gasteiger partial charge in [0.2, 0.25) is 0 Å². The quantitative estimate of drug-likeness (QED) is 0.515. The van der Waals surface area contributed by atoms with Crippen LogP contribution >= 0.6 is 0 Å². The molecule has 1 amide bonds. The predicted molar refractivity (Wildman–Crippen MR) is 129 cm³/mol. The number of hydrogen-bond donors (Lipinski definition) is 3. The first-order chi connectivity index (χ1) is 16.0. The number of aromatic hydroxyl groups is 1. The van der Waals surface area contributed by atoms with E-state index in [0.717, 1.165) is 48.6 Å². The van der Waals surface area contributed by atoms with Crippen molar-refractivity contribution in [1.29, 1.82) is 0 Å². The van der Waals surface area contributed by atoms with Crippen LogP contribution in [0.3, 0.4) is 0 Å². The number of nitrogens with one attached hydrogen (secondary N) is 2. The number of benzene rings is 1. The van der Waals surface area contributed by atoms with E-state index in [2.05, 4.69) is 27.3 Å². The van der Waals surface area contributed by atoms with Gasteiger partial charge in [-0.2, -0.15) is 5.10 Å². The first-order valence-corrected chi connectivity index (χ1v) is 11.4. The van der Waals surface area contributed by atoms with E-state index >= 15 is 0 Å². The third-order valence-electron chi connectivity index (χ3n) is 5.99. The molecular weight excluding hydrogens is 420 g/mol. The Morgan fingerprint density at radius 2 is 2.09 bits per heavy atom. The lowest BCUT2D eigenvalue weighted by Gasteiger charge is -2.35. The number of likely N-dealkylation sites (tertiary alicyclic amines) is 1. The Morgan fingerprint density at radius 3 is 2.70 bits per heavy atom. The highest BCUT2D eigenvalue weighted by molar-refractivity contribution is 6.14. The molecule has 1 aromatic carbocycles. The van der Waals surface area contributed by atoms with Gasteiger partial charge in [-0.1, -0.05) is 6.92 Å². The van der Waals surface area contributed by atoms with Gasteiger partial charge in [0.05, 0.1) is 29.7 Å². The number of likely N-dealkylation sites (N-methyl/N-ethyl adjacent to an activating group) is 1. The number of carbonyl (C=O) groups is 1. The van der Waals surface area contributed by atoms with Gasteiger partial charge in [-0.25, -0.2) is 4.99 Å². The predicted octanol–water partition coefficient (Wildman–Crippen LogP) is 3.24. The summed E-state index contributed by atoms with van der Waals surface area (Å²) in [5.41, 5.74) is 3.41. The minimum absolute atomic E-state index is 0.0534. The van der Waals surface area contributed by atoms with Crippen molar-refractivity contribution in [2.24, 2.45) is 4.99 Å². The van der Waals surface area contributed by atoms with Gasteiger partial charge in [-0.3, -0.25) is 9.48 Å². The molecule has 0 unspecified atom stereocenters. The van der Waals surface area contributed by atoms with Crippen molar-refractivity contribution in [2.45, 2.75) is 32.2 Å². The summed E-state index contributed by atoms with van der Waals surface area (Å²) in [6, 6.07) is 5.68. The zero-order valence-corrected chi connectivity index (χ0v) is 19.5. The number of fused-ring (bicyclic) bond motifs is 1. The number of amides is 1. The summed E-state index contributed by atoms with van der Waals surface area (Å²) in [4.78, 5) is 22.0. The molecular formula is C24H32N6O3. The Bertz CT molecular complexity index is 1130. The zero-order valence-electron chi connectivity index (χ0n) is 19.5. The van der Waals surface area contributed by atoms with E-state index in [1.807, 2.05) is 17.8 Å². The summed E-state index contributed by atoms with van der Waals surface area (Å²) in [5, 5.41) is 18.3. The van der Waals surface area contributed by atoms with Crippen molar-refractivity contribution >= 4 is 28.2 Å². The van der Waals surface area contributed by atoms with Gasteiger partial charge in [0.1, 0.15) is 5.69 Å². The maximum absolute atomic E-state index is 12.0. The van der Waals surface area contributed by atoms with Crippen molar-refractivity contribution in [3.63, 3.8) is 0 Å². The number of hydrogen-bond acceptors (Lipinski definition) is 6. The molecule has 2 aromatic heterocycles. The summed E-state index contributed by atoms with van der Waals surface area (Å²) in [6.45, 7) is 5.96. The van der Waals surface area contributed by atoms with Crippen molar-refractivity contribution in [3.8, 4) is 5.88 Å². The smallest absolute Gasteiger partial charge is 0.251 e. The van der Waals surface area contributed by atoms with Crippen LogP contribution in [-0.4, -0.2) is 76.8 Å². The van der Waals surface area contributed by atoms with Gasteiger partial charge < -0.3 is 25.0 Å². The number of rotatable bonds is 5. The van der Waals surface area contributed by atoms with Gasteiger partial charge in [0.25, 0.3) is 5.91 Å². The molecule has 2 saturated heterocycles. The van der Waals surface area contributed by atoms with Crippen LogP contribution in [0, 0.1) is 0 Å². The summed E-state index contributed by atoms with van der Waals surface area (Å²) in [6.07, 6.45) is 6.87. The molecule has 0 atom stereocenters. The van der Waals surface area contributed by atoms with Crippen molar-refractivity contribution in [2.75, 3.05) is 40.4 Å². The highest BCUT2D eigenvalue weighted by atomic mass is 16.5. The number of aliphatic imine (C=N–C) groups is 1. The van der Waals surface area contributed by atoms with E-state index in [-0.39, 0.29) is 11.8 Å². The normalized spacial score (nSPS) is 17.0. The minimum Gasteiger partial charge on any atom is -0.494 e. The van der Waals surface area contributed by atoms with Gasteiger partial charge in [-0.15, -0.1) is 0 Å². The first kappa shape index (κ1) is 23.0. The third-order valence-corrected chi connectivity index (χ3v) is 5.99. The molecule has 5 rings (SSSR count). The molecule has 4 heterocycles. The lowest BCUT2D eigenvalue weighted by molar-refractivity contribution is 0.0963. The molecule has 33 heavy (non-hydrogen) atoms. The second kappa shape index (κ2) is 10.2. The maximum atomic E-state index is 12.0. The van der Waals surface area contributed by atoms with Gasteiger partial charge in [0, 0.05) is 49.8 Å². The number of ether oxygens (including phenoxy) is 1. The van der Waals surface area contributed by atoms with Crippen LogP contribution in [0.25, 0.3) is 10.9 Å². The molecule has 176 valence electrons. The molecule has 2 aliphatic heterocycles. The molecule has 3 N–H and O–H groups in total. The fourth-order valence-electron chi connectivity index (χ4n) is 4.15. The summed E-state index contributed by atoms with van der Waals surface area (Å²) in [5.74, 6) is -0.118. The number of aromatic amines is 1. The monoisotopic (exact) mass is 452 g/mol. The van der Waals surface area contributed by atoms with Crippen molar-refractivity contribution < 1.29 is 14.6 Å². The minimum atomic E-state index is -0.171. The van der Waals surface area contributed by atoms with Crippen LogP contribution in [0.4, 0.5) is 5.69 Å². The Morgan fingerprint density at radius 1 is 1.33 bits per heavy atom. The van der Waals surface area contributed by atoms with Crippen molar-refractivity contribution in [3.05, 3.63) is 41.7 Å². The lowest BCUT2D eigenvalue weighted by Crippen LogP contribution is -2.44. The largest absolute Gasteiger partial charge is 0.494 e. The van der Waals surface area contributed by atoms with Crippen LogP contribution in [0.2, 0.25) is 0 Å². The highest BCUT2D eigenvalue weighted by Crippen LogP contribution is 2.31.